The topological polar surface area (TPSA) is 61.4 Å². The van der Waals surface area contributed by atoms with Crippen molar-refractivity contribution in [2.45, 2.75) is 24.5 Å². The van der Waals surface area contributed by atoms with E-state index in [1.807, 2.05) is 40.3 Å². The number of piperazine rings is 1. The molecule has 0 atom stereocenters. The van der Waals surface area contributed by atoms with Crippen molar-refractivity contribution >= 4 is 29.3 Å². The molecule has 0 saturated carbocycles. The highest BCUT2D eigenvalue weighted by Gasteiger charge is 2.41. The third-order valence-corrected chi connectivity index (χ3v) is 4.16. The van der Waals surface area contributed by atoms with Gasteiger partial charge in [-0.3, -0.25) is 4.79 Å². The largest absolute Gasteiger partial charge is 0.373 e. The molecule has 1 fully saturated rings. The van der Waals surface area contributed by atoms with Crippen LogP contribution in [0.3, 0.4) is 0 Å². The summed E-state index contributed by atoms with van der Waals surface area (Å²) in [4.78, 5) is 25.1. The molecule has 1 aromatic heterocycles. The molecule has 0 radical (unpaired) electrons. The van der Waals surface area contributed by atoms with E-state index in [0.717, 1.165) is 18.2 Å². The zero-order valence-electron chi connectivity index (χ0n) is 12.6. The molecule has 1 aliphatic heterocycles. The summed E-state index contributed by atoms with van der Waals surface area (Å²) >= 11 is 1.49. The first-order valence-electron chi connectivity index (χ1n) is 6.54. The van der Waals surface area contributed by atoms with Crippen LogP contribution in [0.5, 0.6) is 0 Å². The summed E-state index contributed by atoms with van der Waals surface area (Å²) in [6.45, 7) is 5.34. The fourth-order valence-electron chi connectivity index (χ4n) is 2.39. The molecular weight excluding hydrogens is 274 g/mol. The van der Waals surface area contributed by atoms with Gasteiger partial charge in [0.1, 0.15) is 17.2 Å². The van der Waals surface area contributed by atoms with Crippen LogP contribution < -0.4 is 10.2 Å². The monoisotopic (exact) mass is 295 g/mol. The Morgan fingerprint density at radius 2 is 2.05 bits per heavy atom. The maximum absolute atomic E-state index is 12.4. The number of hydrogen-bond acceptors (Lipinski definition) is 6. The molecule has 0 aliphatic carbocycles. The predicted molar refractivity (Wildman–Crippen MR) is 82.4 cm³/mol. The lowest BCUT2D eigenvalue weighted by molar-refractivity contribution is -0.136. The SMILES string of the molecule is CNc1cc(N2CCN(C)C(=O)C2(C)C)nc(SC)n1. The normalized spacial score (nSPS) is 18.4. The van der Waals surface area contributed by atoms with Gasteiger partial charge in [-0.05, 0) is 20.1 Å². The second-order valence-corrected chi connectivity index (χ2v) is 6.06. The Hall–Kier alpha value is -1.50. The van der Waals surface area contributed by atoms with Gasteiger partial charge in [-0.15, -0.1) is 0 Å². The van der Waals surface area contributed by atoms with E-state index in [0.29, 0.717) is 11.7 Å². The van der Waals surface area contributed by atoms with Crippen LogP contribution in [0, 0.1) is 0 Å². The van der Waals surface area contributed by atoms with Crippen LogP contribution in [0.2, 0.25) is 0 Å². The molecule has 2 heterocycles. The smallest absolute Gasteiger partial charge is 0.247 e. The number of thioether (sulfide) groups is 1. The summed E-state index contributed by atoms with van der Waals surface area (Å²) in [5, 5.41) is 3.74. The molecule has 0 aromatic carbocycles. The Balaban J connectivity index is 2.42. The van der Waals surface area contributed by atoms with Crippen LogP contribution >= 0.6 is 11.8 Å². The summed E-state index contributed by atoms with van der Waals surface area (Å²) < 4.78 is 0. The van der Waals surface area contributed by atoms with Crippen LogP contribution in [0.15, 0.2) is 11.2 Å². The molecule has 20 heavy (non-hydrogen) atoms. The van der Waals surface area contributed by atoms with Gasteiger partial charge >= 0.3 is 0 Å². The average Bonchev–Trinajstić information content (AvgIpc) is 2.44. The van der Waals surface area contributed by atoms with Crippen molar-refractivity contribution in [3.05, 3.63) is 6.07 Å². The van der Waals surface area contributed by atoms with E-state index in [2.05, 4.69) is 20.2 Å². The summed E-state index contributed by atoms with van der Waals surface area (Å²) in [6, 6.07) is 1.89. The van der Waals surface area contributed by atoms with Crippen LogP contribution in [0.1, 0.15) is 13.8 Å². The molecule has 0 unspecified atom stereocenters. The molecule has 1 N–H and O–H groups in total. The lowest BCUT2D eigenvalue weighted by atomic mass is 9.98. The van der Waals surface area contributed by atoms with E-state index < -0.39 is 5.54 Å². The van der Waals surface area contributed by atoms with Gasteiger partial charge in [-0.25, -0.2) is 9.97 Å². The minimum Gasteiger partial charge on any atom is -0.373 e. The van der Waals surface area contributed by atoms with Crippen LogP contribution in [0.4, 0.5) is 11.6 Å². The third-order valence-electron chi connectivity index (χ3n) is 3.61. The first kappa shape index (κ1) is 14.9. The number of rotatable bonds is 3. The van der Waals surface area contributed by atoms with Crippen molar-refractivity contribution in [3.63, 3.8) is 0 Å². The number of carbonyl (C=O) groups excluding carboxylic acids is 1. The number of amides is 1. The van der Waals surface area contributed by atoms with Crippen molar-refractivity contribution in [2.75, 3.05) is 43.7 Å². The highest BCUT2D eigenvalue weighted by molar-refractivity contribution is 7.98. The molecule has 2 rings (SSSR count). The van der Waals surface area contributed by atoms with Gasteiger partial charge in [0.2, 0.25) is 5.91 Å². The first-order chi connectivity index (χ1) is 9.40. The van der Waals surface area contributed by atoms with Crippen molar-refractivity contribution in [1.82, 2.24) is 14.9 Å². The van der Waals surface area contributed by atoms with Crippen LogP contribution in [0.25, 0.3) is 0 Å². The van der Waals surface area contributed by atoms with Gasteiger partial charge in [0, 0.05) is 33.3 Å². The minimum atomic E-state index is -0.595. The van der Waals surface area contributed by atoms with Gasteiger partial charge in [-0.1, -0.05) is 11.8 Å². The summed E-state index contributed by atoms with van der Waals surface area (Å²) in [5.41, 5.74) is -0.595. The summed E-state index contributed by atoms with van der Waals surface area (Å²) in [6.07, 6.45) is 1.94. The molecule has 7 heteroatoms. The standard InChI is InChI=1S/C13H21N5OS/c1-13(2)11(19)17(4)6-7-18(13)10-8-9(14-3)15-12(16-10)20-5/h8H,6-7H2,1-5H3,(H,14,15,16). The van der Waals surface area contributed by atoms with Crippen LogP contribution in [-0.4, -0.2) is 59.8 Å². The van der Waals surface area contributed by atoms with E-state index in [1.54, 1.807) is 4.90 Å². The maximum atomic E-state index is 12.4. The molecule has 6 nitrogen and oxygen atoms in total. The third kappa shape index (κ3) is 2.54. The van der Waals surface area contributed by atoms with Crippen LogP contribution in [-0.2, 0) is 4.79 Å². The Kier molecular flexibility index (Phi) is 4.08. The Labute approximate surface area is 124 Å². The molecule has 0 bridgehead atoms. The Bertz CT molecular complexity index is 497. The lowest BCUT2D eigenvalue weighted by Crippen LogP contribution is -2.62. The average molecular weight is 295 g/mol. The second kappa shape index (κ2) is 5.47. The number of likely N-dealkylation sites (N-methyl/N-ethyl adjacent to an activating group) is 1. The number of nitrogens with one attached hydrogen (secondary N) is 1. The lowest BCUT2D eigenvalue weighted by Gasteiger charge is -2.45. The number of carbonyl (C=O) groups is 1. The number of hydrogen-bond donors (Lipinski definition) is 1. The van der Waals surface area contributed by atoms with Gasteiger partial charge in [0.25, 0.3) is 0 Å². The highest BCUT2D eigenvalue weighted by Crippen LogP contribution is 2.29. The molecular formula is C13H21N5OS. The summed E-state index contributed by atoms with van der Waals surface area (Å²) in [7, 11) is 3.67. The molecule has 1 aromatic rings. The number of nitrogens with zero attached hydrogens (tertiary/aromatic N) is 4. The van der Waals surface area contributed by atoms with Gasteiger partial charge in [0.15, 0.2) is 5.16 Å². The number of anilines is 2. The Morgan fingerprint density at radius 3 is 2.65 bits per heavy atom. The van der Waals surface area contributed by atoms with E-state index in [4.69, 9.17) is 0 Å². The fraction of sp³-hybridized carbons (Fsp3) is 0.615. The molecule has 1 saturated heterocycles. The fourth-order valence-corrected chi connectivity index (χ4v) is 2.76. The zero-order chi connectivity index (χ0) is 14.9. The van der Waals surface area contributed by atoms with E-state index in [9.17, 15) is 4.79 Å². The van der Waals surface area contributed by atoms with Crippen molar-refractivity contribution in [3.8, 4) is 0 Å². The first-order valence-corrected chi connectivity index (χ1v) is 7.76. The minimum absolute atomic E-state index is 0.110. The molecule has 110 valence electrons. The van der Waals surface area contributed by atoms with Crippen molar-refractivity contribution in [2.24, 2.45) is 0 Å². The molecule has 1 aliphatic rings. The van der Waals surface area contributed by atoms with Crippen molar-refractivity contribution < 1.29 is 4.79 Å². The quantitative estimate of drug-likeness (QED) is 0.670. The predicted octanol–water partition coefficient (Wildman–Crippen LogP) is 1.30. The van der Waals surface area contributed by atoms with Crippen molar-refractivity contribution in [1.29, 1.82) is 0 Å². The number of aromatic nitrogens is 2. The van der Waals surface area contributed by atoms with Gasteiger partial charge < -0.3 is 15.1 Å². The van der Waals surface area contributed by atoms with E-state index in [1.165, 1.54) is 11.8 Å². The van der Waals surface area contributed by atoms with Gasteiger partial charge in [0.05, 0.1) is 0 Å². The zero-order valence-corrected chi connectivity index (χ0v) is 13.4. The highest BCUT2D eigenvalue weighted by atomic mass is 32.2. The maximum Gasteiger partial charge on any atom is 0.247 e. The Morgan fingerprint density at radius 1 is 1.35 bits per heavy atom. The molecule has 0 spiro atoms. The molecule has 1 amide bonds. The summed E-state index contributed by atoms with van der Waals surface area (Å²) in [5.74, 6) is 1.67. The van der Waals surface area contributed by atoms with E-state index in [-0.39, 0.29) is 5.91 Å². The van der Waals surface area contributed by atoms with E-state index >= 15 is 0 Å². The van der Waals surface area contributed by atoms with Gasteiger partial charge in [-0.2, -0.15) is 0 Å². The second-order valence-electron chi connectivity index (χ2n) is 5.29.